The molecular weight excluding hydrogens is 252 g/mol. The van der Waals surface area contributed by atoms with Gasteiger partial charge in [0.25, 0.3) is 5.91 Å². The van der Waals surface area contributed by atoms with E-state index >= 15 is 0 Å². The number of nitrogens with zero attached hydrogens (tertiary/aromatic N) is 1. The second-order valence-corrected chi connectivity index (χ2v) is 4.20. The van der Waals surface area contributed by atoms with Crippen molar-refractivity contribution in [2.75, 3.05) is 7.11 Å². The average Bonchev–Trinajstić information content (AvgIpc) is 2.53. The molecule has 0 spiro atoms. The Hall–Kier alpha value is -2.62. The number of benzene rings is 2. The lowest BCUT2D eigenvalue weighted by atomic mass is 10.1. The summed E-state index contributed by atoms with van der Waals surface area (Å²) in [6.07, 6.45) is 0. The van der Waals surface area contributed by atoms with Crippen molar-refractivity contribution in [3.05, 3.63) is 65.7 Å². The first-order valence-electron chi connectivity index (χ1n) is 6.25. The number of rotatable bonds is 4. The number of carbonyl (C=O) groups excluding carboxylic acids is 1. The van der Waals surface area contributed by atoms with E-state index in [4.69, 9.17) is 4.74 Å². The van der Waals surface area contributed by atoms with Crippen LogP contribution in [0.2, 0.25) is 0 Å². The minimum absolute atomic E-state index is 0.294. The van der Waals surface area contributed by atoms with Gasteiger partial charge >= 0.3 is 0 Å². The van der Waals surface area contributed by atoms with Crippen molar-refractivity contribution in [1.29, 1.82) is 0 Å². The molecule has 0 saturated heterocycles. The van der Waals surface area contributed by atoms with Gasteiger partial charge in [0.2, 0.25) is 0 Å². The predicted molar refractivity (Wildman–Crippen MR) is 79.1 cm³/mol. The van der Waals surface area contributed by atoms with Crippen LogP contribution >= 0.6 is 0 Å². The van der Waals surface area contributed by atoms with E-state index in [0.717, 1.165) is 11.3 Å². The summed E-state index contributed by atoms with van der Waals surface area (Å²) in [5, 5.41) is 4.11. The van der Waals surface area contributed by atoms with Gasteiger partial charge in [-0.15, -0.1) is 0 Å². The standard InChI is InChI=1S/C16H16N2O2/c1-12(13-8-4-3-5-9-13)17-18-16(19)14-10-6-7-11-15(14)20-2/h3-11H,1-2H3,(H,18,19). The van der Waals surface area contributed by atoms with E-state index in [9.17, 15) is 4.79 Å². The van der Waals surface area contributed by atoms with Gasteiger partial charge in [0.05, 0.1) is 18.4 Å². The lowest BCUT2D eigenvalue weighted by Gasteiger charge is -2.07. The Morgan fingerprint density at radius 2 is 1.70 bits per heavy atom. The molecule has 4 heteroatoms. The summed E-state index contributed by atoms with van der Waals surface area (Å²) in [4.78, 5) is 12.1. The fourth-order valence-corrected chi connectivity index (χ4v) is 1.77. The molecule has 0 bridgehead atoms. The molecular formula is C16H16N2O2. The van der Waals surface area contributed by atoms with Crippen LogP contribution in [0.25, 0.3) is 0 Å². The van der Waals surface area contributed by atoms with E-state index < -0.39 is 0 Å². The number of hydrogen-bond donors (Lipinski definition) is 1. The molecule has 4 nitrogen and oxygen atoms in total. The Labute approximate surface area is 118 Å². The van der Waals surface area contributed by atoms with Crippen molar-refractivity contribution in [2.45, 2.75) is 6.92 Å². The molecule has 1 amide bonds. The third kappa shape index (κ3) is 3.23. The van der Waals surface area contributed by atoms with Crippen LogP contribution in [0.15, 0.2) is 59.7 Å². The minimum Gasteiger partial charge on any atom is -0.496 e. The molecule has 0 aromatic heterocycles. The second kappa shape index (κ2) is 6.52. The molecule has 2 aromatic rings. The summed E-state index contributed by atoms with van der Waals surface area (Å²) in [6.45, 7) is 1.85. The maximum absolute atomic E-state index is 12.1. The number of nitrogens with one attached hydrogen (secondary N) is 1. The first-order valence-corrected chi connectivity index (χ1v) is 6.25. The van der Waals surface area contributed by atoms with Crippen LogP contribution in [0.3, 0.4) is 0 Å². The molecule has 0 saturated carbocycles. The van der Waals surface area contributed by atoms with Gasteiger partial charge in [0.15, 0.2) is 0 Å². The Balaban J connectivity index is 2.12. The van der Waals surface area contributed by atoms with Crippen LogP contribution in [0.1, 0.15) is 22.8 Å². The second-order valence-electron chi connectivity index (χ2n) is 4.20. The molecule has 0 heterocycles. The summed E-state index contributed by atoms with van der Waals surface area (Å²) >= 11 is 0. The minimum atomic E-state index is -0.294. The van der Waals surface area contributed by atoms with Crippen molar-refractivity contribution in [2.24, 2.45) is 5.10 Å². The number of hydrogen-bond acceptors (Lipinski definition) is 3. The first kappa shape index (κ1) is 13.8. The normalized spacial score (nSPS) is 11.0. The fourth-order valence-electron chi connectivity index (χ4n) is 1.77. The Morgan fingerprint density at radius 3 is 2.40 bits per heavy atom. The summed E-state index contributed by atoms with van der Waals surface area (Å²) in [5.74, 6) is 0.232. The number of hydrazone groups is 1. The van der Waals surface area contributed by atoms with Gasteiger partial charge in [-0.05, 0) is 24.6 Å². The molecule has 0 aliphatic heterocycles. The van der Waals surface area contributed by atoms with Crippen molar-refractivity contribution in [3.8, 4) is 5.75 Å². The van der Waals surface area contributed by atoms with Crippen molar-refractivity contribution in [1.82, 2.24) is 5.43 Å². The zero-order valence-electron chi connectivity index (χ0n) is 11.5. The average molecular weight is 268 g/mol. The third-order valence-electron chi connectivity index (χ3n) is 2.87. The van der Waals surface area contributed by atoms with Crippen LogP contribution in [-0.2, 0) is 0 Å². The van der Waals surface area contributed by atoms with Gasteiger partial charge in [0.1, 0.15) is 5.75 Å². The lowest BCUT2D eigenvalue weighted by Crippen LogP contribution is -2.20. The first-order chi connectivity index (χ1) is 9.72. The molecule has 0 unspecified atom stereocenters. The van der Waals surface area contributed by atoms with Gasteiger partial charge in [-0.2, -0.15) is 5.10 Å². The highest BCUT2D eigenvalue weighted by Gasteiger charge is 2.10. The molecule has 1 N–H and O–H groups in total. The predicted octanol–water partition coefficient (Wildman–Crippen LogP) is 2.85. The van der Waals surface area contributed by atoms with Crippen LogP contribution in [-0.4, -0.2) is 18.7 Å². The van der Waals surface area contributed by atoms with Crippen molar-refractivity contribution < 1.29 is 9.53 Å². The molecule has 0 radical (unpaired) electrons. The number of ether oxygens (including phenoxy) is 1. The van der Waals surface area contributed by atoms with E-state index in [0.29, 0.717) is 11.3 Å². The van der Waals surface area contributed by atoms with Gasteiger partial charge in [-0.25, -0.2) is 5.43 Å². The molecule has 0 atom stereocenters. The fraction of sp³-hybridized carbons (Fsp3) is 0.125. The van der Waals surface area contributed by atoms with Crippen LogP contribution < -0.4 is 10.2 Å². The summed E-state index contributed by atoms with van der Waals surface area (Å²) < 4.78 is 5.15. The van der Waals surface area contributed by atoms with Gasteiger partial charge in [-0.3, -0.25) is 4.79 Å². The molecule has 102 valence electrons. The number of para-hydroxylation sites is 1. The van der Waals surface area contributed by atoms with E-state index in [1.165, 1.54) is 7.11 Å². The summed E-state index contributed by atoms with van der Waals surface area (Å²) in [6, 6.07) is 16.7. The Morgan fingerprint density at radius 1 is 1.05 bits per heavy atom. The monoisotopic (exact) mass is 268 g/mol. The van der Waals surface area contributed by atoms with Crippen LogP contribution in [0, 0.1) is 0 Å². The van der Waals surface area contributed by atoms with Crippen molar-refractivity contribution in [3.63, 3.8) is 0 Å². The topological polar surface area (TPSA) is 50.7 Å². The number of methoxy groups -OCH3 is 1. The highest BCUT2D eigenvalue weighted by atomic mass is 16.5. The number of amides is 1. The molecule has 2 aromatic carbocycles. The van der Waals surface area contributed by atoms with Crippen molar-refractivity contribution >= 4 is 11.6 Å². The smallest absolute Gasteiger partial charge is 0.275 e. The number of carbonyl (C=O) groups is 1. The summed E-state index contributed by atoms with van der Waals surface area (Å²) in [5.41, 5.74) is 4.71. The van der Waals surface area contributed by atoms with Crippen LogP contribution in [0.5, 0.6) is 5.75 Å². The van der Waals surface area contributed by atoms with Gasteiger partial charge in [-0.1, -0.05) is 42.5 Å². The van der Waals surface area contributed by atoms with E-state index in [1.807, 2.05) is 43.3 Å². The lowest BCUT2D eigenvalue weighted by molar-refractivity contribution is 0.0952. The summed E-state index contributed by atoms with van der Waals surface area (Å²) in [7, 11) is 1.53. The molecule has 0 aliphatic carbocycles. The van der Waals surface area contributed by atoms with E-state index in [-0.39, 0.29) is 5.91 Å². The maximum Gasteiger partial charge on any atom is 0.275 e. The van der Waals surface area contributed by atoms with E-state index in [2.05, 4.69) is 10.5 Å². The molecule has 0 fully saturated rings. The highest BCUT2D eigenvalue weighted by Crippen LogP contribution is 2.16. The van der Waals surface area contributed by atoms with Gasteiger partial charge in [0, 0.05) is 0 Å². The Bertz CT molecular complexity index is 621. The quantitative estimate of drug-likeness (QED) is 0.684. The molecule has 0 aliphatic rings. The third-order valence-corrected chi connectivity index (χ3v) is 2.87. The largest absolute Gasteiger partial charge is 0.496 e. The van der Waals surface area contributed by atoms with Crippen LogP contribution in [0.4, 0.5) is 0 Å². The highest BCUT2D eigenvalue weighted by molar-refractivity contribution is 6.01. The molecule has 20 heavy (non-hydrogen) atoms. The SMILES string of the molecule is COc1ccccc1C(=O)NN=C(C)c1ccccc1. The maximum atomic E-state index is 12.1. The Kier molecular flexibility index (Phi) is 4.50. The van der Waals surface area contributed by atoms with Gasteiger partial charge < -0.3 is 4.74 Å². The zero-order valence-corrected chi connectivity index (χ0v) is 11.5. The zero-order chi connectivity index (χ0) is 14.4. The molecule has 2 rings (SSSR count). The van der Waals surface area contributed by atoms with E-state index in [1.54, 1.807) is 18.2 Å².